The lowest BCUT2D eigenvalue weighted by molar-refractivity contribution is 0.339. The number of thiazole rings is 1. The summed E-state index contributed by atoms with van der Waals surface area (Å²) < 4.78 is 5.51. The molecule has 0 spiro atoms. The van der Waals surface area contributed by atoms with Gasteiger partial charge in [0.1, 0.15) is 5.75 Å². The predicted octanol–water partition coefficient (Wildman–Crippen LogP) is 2.60. The first kappa shape index (κ1) is 14.0. The van der Waals surface area contributed by atoms with Crippen molar-refractivity contribution in [2.75, 3.05) is 6.61 Å². The van der Waals surface area contributed by atoms with Crippen LogP contribution in [0.25, 0.3) is 0 Å². The summed E-state index contributed by atoms with van der Waals surface area (Å²) in [6, 6.07) is 8.05. The third-order valence-corrected chi connectivity index (χ3v) is 3.67. The Morgan fingerprint density at radius 1 is 1.47 bits per heavy atom. The zero-order valence-electron chi connectivity index (χ0n) is 11.2. The van der Waals surface area contributed by atoms with Crippen molar-refractivity contribution in [1.29, 1.82) is 0 Å². The highest BCUT2D eigenvalue weighted by atomic mass is 32.1. The van der Waals surface area contributed by atoms with E-state index in [2.05, 4.69) is 15.8 Å². The third-order valence-electron chi connectivity index (χ3n) is 2.85. The minimum Gasteiger partial charge on any atom is -0.494 e. The fourth-order valence-electron chi connectivity index (χ4n) is 1.97. The highest BCUT2D eigenvalue weighted by Gasteiger charge is 2.13. The van der Waals surface area contributed by atoms with E-state index in [-0.39, 0.29) is 6.04 Å². The molecular weight excluding hydrogens is 258 g/mol. The van der Waals surface area contributed by atoms with Crippen molar-refractivity contribution < 1.29 is 4.74 Å². The van der Waals surface area contributed by atoms with Gasteiger partial charge in [0.2, 0.25) is 0 Å². The Morgan fingerprint density at radius 3 is 2.95 bits per heavy atom. The summed E-state index contributed by atoms with van der Waals surface area (Å²) in [5, 5.41) is 3.15. The maximum absolute atomic E-state index is 5.67. The van der Waals surface area contributed by atoms with E-state index in [1.54, 1.807) is 11.3 Å². The van der Waals surface area contributed by atoms with Crippen molar-refractivity contribution >= 4 is 11.3 Å². The van der Waals surface area contributed by atoms with Gasteiger partial charge in [-0.2, -0.15) is 0 Å². The summed E-state index contributed by atoms with van der Waals surface area (Å²) in [5.74, 6) is 6.54. The van der Waals surface area contributed by atoms with Crippen LogP contribution in [0.1, 0.15) is 29.2 Å². The van der Waals surface area contributed by atoms with Crippen molar-refractivity contribution in [1.82, 2.24) is 10.4 Å². The number of nitrogens with zero attached hydrogens (tertiary/aromatic N) is 1. The van der Waals surface area contributed by atoms with Gasteiger partial charge in [0.25, 0.3) is 0 Å². The number of hydrogen-bond donors (Lipinski definition) is 2. The molecular formula is C14H19N3OS. The lowest BCUT2D eigenvalue weighted by Gasteiger charge is -2.16. The van der Waals surface area contributed by atoms with Crippen LogP contribution in [-0.4, -0.2) is 11.6 Å². The van der Waals surface area contributed by atoms with Gasteiger partial charge in [0.15, 0.2) is 0 Å². The molecule has 0 aliphatic rings. The van der Waals surface area contributed by atoms with Gasteiger partial charge in [-0.3, -0.25) is 11.3 Å². The lowest BCUT2D eigenvalue weighted by atomic mass is 10.0. The summed E-state index contributed by atoms with van der Waals surface area (Å²) in [5.41, 5.74) is 5.03. The Bertz CT molecular complexity index is 527. The molecule has 0 bridgehead atoms. The predicted molar refractivity (Wildman–Crippen MR) is 78.2 cm³/mol. The maximum atomic E-state index is 5.67. The molecule has 0 fully saturated rings. The zero-order valence-corrected chi connectivity index (χ0v) is 12.0. The summed E-state index contributed by atoms with van der Waals surface area (Å²) in [7, 11) is 0. The molecule has 2 rings (SSSR count). The van der Waals surface area contributed by atoms with Gasteiger partial charge in [0, 0.05) is 11.8 Å². The van der Waals surface area contributed by atoms with Crippen molar-refractivity contribution in [3.8, 4) is 5.75 Å². The van der Waals surface area contributed by atoms with E-state index >= 15 is 0 Å². The number of aromatic nitrogens is 1. The Balaban J connectivity index is 2.14. The molecule has 19 heavy (non-hydrogen) atoms. The Labute approximate surface area is 117 Å². The number of ether oxygens (including phenoxy) is 1. The molecule has 5 heteroatoms. The number of benzene rings is 1. The van der Waals surface area contributed by atoms with Gasteiger partial charge < -0.3 is 4.74 Å². The molecule has 3 N–H and O–H groups in total. The van der Waals surface area contributed by atoms with Crippen LogP contribution in [-0.2, 0) is 6.42 Å². The summed E-state index contributed by atoms with van der Waals surface area (Å²) in [6.45, 7) is 4.65. The highest BCUT2D eigenvalue weighted by Crippen LogP contribution is 2.22. The maximum Gasteiger partial charge on any atom is 0.119 e. The van der Waals surface area contributed by atoms with E-state index in [1.807, 2.05) is 38.1 Å². The molecule has 1 unspecified atom stereocenters. The minimum atomic E-state index is 0.0434. The van der Waals surface area contributed by atoms with Crippen molar-refractivity contribution in [2.45, 2.75) is 26.3 Å². The zero-order chi connectivity index (χ0) is 13.7. The largest absolute Gasteiger partial charge is 0.494 e. The standard InChI is InChI=1S/C14H19N3OS/c1-3-18-13-6-4-5-11(7-13)14(17-15)8-12-9-19-10(2)16-12/h4-7,9,14,17H,3,8,15H2,1-2H3. The van der Waals surface area contributed by atoms with E-state index in [0.29, 0.717) is 6.61 Å². The van der Waals surface area contributed by atoms with Crippen molar-refractivity contribution in [3.63, 3.8) is 0 Å². The Kier molecular flexibility index (Phi) is 4.90. The second kappa shape index (κ2) is 6.65. The Hall–Kier alpha value is -1.43. The van der Waals surface area contributed by atoms with Gasteiger partial charge in [-0.15, -0.1) is 11.3 Å². The first-order valence-electron chi connectivity index (χ1n) is 6.32. The average molecular weight is 277 g/mol. The van der Waals surface area contributed by atoms with Gasteiger partial charge in [-0.1, -0.05) is 12.1 Å². The second-order valence-corrected chi connectivity index (χ2v) is 5.35. The summed E-state index contributed by atoms with van der Waals surface area (Å²) >= 11 is 1.66. The van der Waals surface area contributed by atoms with Crippen LogP contribution in [0, 0.1) is 6.92 Å². The summed E-state index contributed by atoms with van der Waals surface area (Å²) in [4.78, 5) is 4.47. The second-order valence-electron chi connectivity index (χ2n) is 4.29. The molecule has 0 aliphatic carbocycles. The first-order chi connectivity index (χ1) is 9.22. The third kappa shape index (κ3) is 3.76. The molecule has 1 aromatic carbocycles. The Morgan fingerprint density at radius 2 is 2.32 bits per heavy atom. The van der Waals surface area contributed by atoms with Crippen molar-refractivity contribution in [2.24, 2.45) is 5.84 Å². The number of aryl methyl sites for hydroxylation is 1. The van der Waals surface area contributed by atoms with Crippen LogP contribution in [0.2, 0.25) is 0 Å². The highest BCUT2D eigenvalue weighted by molar-refractivity contribution is 7.09. The molecule has 1 atom stereocenters. The van der Waals surface area contributed by atoms with E-state index in [9.17, 15) is 0 Å². The number of nitrogens with one attached hydrogen (secondary N) is 1. The lowest BCUT2D eigenvalue weighted by Crippen LogP contribution is -2.29. The van der Waals surface area contributed by atoms with Crippen LogP contribution in [0.5, 0.6) is 5.75 Å². The van der Waals surface area contributed by atoms with Crippen LogP contribution in [0.3, 0.4) is 0 Å². The molecule has 0 saturated carbocycles. The molecule has 4 nitrogen and oxygen atoms in total. The topological polar surface area (TPSA) is 60.2 Å². The first-order valence-corrected chi connectivity index (χ1v) is 7.20. The monoisotopic (exact) mass is 277 g/mol. The van der Waals surface area contributed by atoms with Crippen LogP contribution in [0.4, 0.5) is 0 Å². The quantitative estimate of drug-likeness (QED) is 0.629. The van der Waals surface area contributed by atoms with Crippen LogP contribution in [0.15, 0.2) is 29.6 Å². The molecule has 0 saturated heterocycles. The fourth-order valence-corrected chi connectivity index (χ4v) is 2.60. The van der Waals surface area contributed by atoms with Crippen LogP contribution < -0.4 is 16.0 Å². The SMILES string of the molecule is CCOc1cccc(C(Cc2csc(C)n2)NN)c1. The normalized spacial score (nSPS) is 12.4. The van der Waals surface area contributed by atoms with Gasteiger partial charge in [-0.05, 0) is 31.5 Å². The molecule has 1 heterocycles. The van der Waals surface area contributed by atoms with E-state index < -0.39 is 0 Å². The van der Waals surface area contributed by atoms with Crippen molar-refractivity contribution in [3.05, 3.63) is 45.9 Å². The number of rotatable bonds is 6. The molecule has 0 radical (unpaired) electrons. The van der Waals surface area contributed by atoms with Crippen LogP contribution >= 0.6 is 11.3 Å². The number of hydrogen-bond acceptors (Lipinski definition) is 5. The minimum absolute atomic E-state index is 0.0434. The van der Waals surface area contributed by atoms with E-state index in [1.165, 1.54) is 0 Å². The molecule has 0 aliphatic heterocycles. The smallest absolute Gasteiger partial charge is 0.119 e. The summed E-state index contributed by atoms with van der Waals surface area (Å²) in [6.07, 6.45) is 0.774. The van der Waals surface area contributed by atoms with Gasteiger partial charge >= 0.3 is 0 Å². The molecule has 1 aromatic heterocycles. The van der Waals surface area contributed by atoms with E-state index in [0.717, 1.165) is 28.4 Å². The van der Waals surface area contributed by atoms with Gasteiger partial charge in [-0.25, -0.2) is 4.98 Å². The molecule has 2 aromatic rings. The number of nitrogens with two attached hydrogens (primary N) is 1. The molecule has 0 amide bonds. The van der Waals surface area contributed by atoms with Gasteiger partial charge in [0.05, 0.1) is 23.4 Å². The van der Waals surface area contributed by atoms with E-state index in [4.69, 9.17) is 10.6 Å². The number of hydrazine groups is 1. The average Bonchev–Trinajstić information content (AvgIpc) is 2.82. The molecule has 102 valence electrons. The fraction of sp³-hybridized carbons (Fsp3) is 0.357.